The van der Waals surface area contributed by atoms with Crippen molar-refractivity contribution in [2.75, 3.05) is 6.54 Å². The molecule has 1 aromatic heterocycles. The quantitative estimate of drug-likeness (QED) is 0.770. The van der Waals surface area contributed by atoms with Gasteiger partial charge in [-0.1, -0.05) is 12.1 Å². The zero-order chi connectivity index (χ0) is 11.8. The first-order valence-electron chi connectivity index (χ1n) is 5.86. The second-order valence-corrected chi connectivity index (χ2v) is 4.47. The minimum atomic E-state index is 0.0220. The van der Waals surface area contributed by atoms with Crippen LogP contribution >= 0.6 is 0 Å². The molecule has 0 atom stereocenters. The summed E-state index contributed by atoms with van der Waals surface area (Å²) in [4.78, 5) is 11.8. The van der Waals surface area contributed by atoms with Crippen LogP contribution in [0.5, 0.6) is 0 Å². The van der Waals surface area contributed by atoms with Gasteiger partial charge in [-0.25, -0.2) is 0 Å². The predicted octanol–water partition coefficient (Wildman–Crippen LogP) is 1.12. The number of hydrogen-bond donors (Lipinski definition) is 2. The molecule has 1 aliphatic heterocycles. The molecule has 1 aliphatic rings. The van der Waals surface area contributed by atoms with Crippen LogP contribution in [0.1, 0.15) is 16.8 Å². The van der Waals surface area contributed by atoms with Gasteiger partial charge < -0.3 is 5.32 Å². The summed E-state index contributed by atoms with van der Waals surface area (Å²) in [5, 5.41) is 6.14. The number of rotatable bonds is 1. The minimum absolute atomic E-state index is 0.0220. The number of fused-ring (bicyclic) bond motifs is 1. The Morgan fingerprint density at radius 3 is 3.06 bits per heavy atom. The van der Waals surface area contributed by atoms with Crippen LogP contribution in [-0.4, -0.2) is 16.3 Å². The van der Waals surface area contributed by atoms with E-state index in [1.54, 1.807) is 0 Å². The van der Waals surface area contributed by atoms with E-state index in [9.17, 15) is 4.79 Å². The molecule has 0 saturated heterocycles. The maximum Gasteiger partial charge on any atom is 0.269 e. The average Bonchev–Trinajstić information content (AvgIpc) is 2.68. The molecule has 0 fully saturated rings. The van der Waals surface area contributed by atoms with Gasteiger partial charge in [0.05, 0.1) is 16.9 Å². The van der Waals surface area contributed by atoms with Crippen molar-refractivity contribution in [1.29, 1.82) is 0 Å². The van der Waals surface area contributed by atoms with Gasteiger partial charge in [-0.3, -0.25) is 14.6 Å². The van der Waals surface area contributed by atoms with E-state index in [1.165, 1.54) is 5.56 Å². The zero-order valence-corrected chi connectivity index (χ0v) is 9.79. The maximum absolute atomic E-state index is 11.8. The summed E-state index contributed by atoms with van der Waals surface area (Å²) in [7, 11) is 0. The van der Waals surface area contributed by atoms with Gasteiger partial charge in [0.1, 0.15) is 0 Å². The SMILES string of the molecule is Cc1cccc(-n2[nH]c(=O)c3c2CCNC3)c1. The van der Waals surface area contributed by atoms with Crippen molar-refractivity contribution in [3.05, 3.63) is 51.4 Å². The Kier molecular flexibility index (Phi) is 2.37. The van der Waals surface area contributed by atoms with Crippen LogP contribution in [0.2, 0.25) is 0 Å². The minimum Gasteiger partial charge on any atom is -0.312 e. The van der Waals surface area contributed by atoms with E-state index < -0.39 is 0 Å². The molecule has 1 aromatic carbocycles. The highest BCUT2D eigenvalue weighted by Crippen LogP contribution is 2.16. The molecular formula is C13H15N3O. The molecule has 0 spiro atoms. The van der Waals surface area contributed by atoms with E-state index in [0.717, 1.165) is 29.9 Å². The van der Waals surface area contributed by atoms with Crippen LogP contribution in [-0.2, 0) is 13.0 Å². The lowest BCUT2D eigenvalue weighted by Crippen LogP contribution is -2.26. The summed E-state index contributed by atoms with van der Waals surface area (Å²) in [6.07, 6.45) is 0.891. The molecule has 0 saturated carbocycles. The first kappa shape index (κ1) is 10.4. The molecule has 0 radical (unpaired) electrons. The summed E-state index contributed by atoms with van der Waals surface area (Å²) in [5.74, 6) is 0. The summed E-state index contributed by atoms with van der Waals surface area (Å²) in [5.41, 5.74) is 4.23. The molecule has 17 heavy (non-hydrogen) atoms. The van der Waals surface area contributed by atoms with Crippen LogP contribution in [0.15, 0.2) is 29.1 Å². The fourth-order valence-electron chi connectivity index (χ4n) is 2.36. The summed E-state index contributed by atoms with van der Waals surface area (Å²) < 4.78 is 1.92. The first-order valence-corrected chi connectivity index (χ1v) is 5.86. The lowest BCUT2D eigenvalue weighted by molar-refractivity contribution is 0.622. The van der Waals surface area contributed by atoms with Crippen LogP contribution < -0.4 is 10.9 Å². The number of hydrogen-bond acceptors (Lipinski definition) is 2. The third-order valence-corrected chi connectivity index (χ3v) is 3.21. The van der Waals surface area contributed by atoms with Crippen LogP contribution in [0.4, 0.5) is 0 Å². The number of nitrogens with one attached hydrogen (secondary N) is 2. The molecule has 2 heterocycles. The number of H-pyrrole nitrogens is 1. The van der Waals surface area contributed by atoms with Gasteiger partial charge in [0, 0.05) is 19.5 Å². The summed E-state index contributed by atoms with van der Waals surface area (Å²) in [6, 6.07) is 8.17. The molecule has 88 valence electrons. The van der Waals surface area contributed by atoms with Crippen molar-refractivity contribution in [3.8, 4) is 5.69 Å². The van der Waals surface area contributed by atoms with Crippen molar-refractivity contribution in [1.82, 2.24) is 15.1 Å². The molecule has 0 unspecified atom stereocenters. The summed E-state index contributed by atoms with van der Waals surface area (Å²) >= 11 is 0. The first-order chi connectivity index (χ1) is 8.25. The van der Waals surface area contributed by atoms with Gasteiger partial charge in [0.25, 0.3) is 5.56 Å². The molecular weight excluding hydrogens is 214 g/mol. The van der Waals surface area contributed by atoms with E-state index in [0.29, 0.717) is 6.54 Å². The van der Waals surface area contributed by atoms with Gasteiger partial charge in [0.15, 0.2) is 0 Å². The third-order valence-electron chi connectivity index (χ3n) is 3.21. The number of benzene rings is 1. The van der Waals surface area contributed by atoms with Crippen molar-refractivity contribution in [3.63, 3.8) is 0 Å². The van der Waals surface area contributed by atoms with Gasteiger partial charge in [0.2, 0.25) is 0 Å². The Labute approximate surface area is 99.3 Å². The van der Waals surface area contributed by atoms with E-state index in [-0.39, 0.29) is 5.56 Å². The van der Waals surface area contributed by atoms with Gasteiger partial charge in [-0.2, -0.15) is 0 Å². The molecule has 3 rings (SSSR count). The number of nitrogens with zero attached hydrogens (tertiary/aromatic N) is 1. The molecule has 2 N–H and O–H groups in total. The van der Waals surface area contributed by atoms with Crippen molar-refractivity contribution in [2.45, 2.75) is 19.9 Å². The van der Waals surface area contributed by atoms with E-state index in [2.05, 4.69) is 29.5 Å². The molecule has 0 amide bonds. The van der Waals surface area contributed by atoms with E-state index in [4.69, 9.17) is 0 Å². The number of aromatic amines is 1. The Balaban J connectivity index is 2.18. The third kappa shape index (κ3) is 1.70. The molecule has 4 heteroatoms. The fraction of sp³-hybridized carbons (Fsp3) is 0.308. The monoisotopic (exact) mass is 229 g/mol. The number of aromatic nitrogens is 2. The topological polar surface area (TPSA) is 49.8 Å². The Morgan fingerprint density at radius 2 is 2.24 bits per heavy atom. The largest absolute Gasteiger partial charge is 0.312 e. The molecule has 2 aromatic rings. The lowest BCUT2D eigenvalue weighted by atomic mass is 10.1. The van der Waals surface area contributed by atoms with Crippen molar-refractivity contribution < 1.29 is 0 Å². The Hall–Kier alpha value is -1.81. The van der Waals surface area contributed by atoms with Crippen molar-refractivity contribution in [2.24, 2.45) is 0 Å². The molecule has 0 bridgehead atoms. The highest BCUT2D eigenvalue weighted by Gasteiger charge is 2.18. The Morgan fingerprint density at radius 1 is 1.35 bits per heavy atom. The smallest absolute Gasteiger partial charge is 0.269 e. The summed E-state index contributed by atoms with van der Waals surface area (Å²) in [6.45, 7) is 3.65. The average molecular weight is 229 g/mol. The van der Waals surface area contributed by atoms with E-state index >= 15 is 0 Å². The van der Waals surface area contributed by atoms with Crippen LogP contribution in [0, 0.1) is 6.92 Å². The predicted molar refractivity (Wildman–Crippen MR) is 66.5 cm³/mol. The standard InChI is InChI=1S/C13H15N3O/c1-9-3-2-4-10(7-9)16-12-5-6-14-8-11(12)13(17)15-16/h2-4,7,14H,5-6,8H2,1H3,(H,15,17). The van der Waals surface area contributed by atoms with Crippen LogP contribution in [0.25, 0.3) is 5.69 Å². The second kappa shape index (κ2) is 3.89. The van der Waals surface area contributed by atoms with E-state index in [1.807, 2.05) is 16.8 Å². The highest BCUT2D eigenvalue weighted by atomic mass is 16.1. The highest BCUT2D eigenvalue weighted by molar-refractivity contribution is 5.38. The normalized spacial score (nSPS) is 14.6. The fourth-order valence-corrected chi connectivity index (χ4v) is 2.36. The second-order valence-electron chi connectivity index (χ2n) is 4.47. The van der Waals surface area contributed by atoms with Crippen LogP contribution in [0.3, 0.4) is 0 Å². The molecule has 4 nitrogen and oxygen atoms in total. The van der Waals surface area contributed by atoms with Gasteiger partial charge in [-0.05, 0) is 24.6 Å². The zero-order valence-electron chi connectivity index (χ0n) is 9.79. The van der Waals surface area contributed by atoms with Gasteiger partial charge >= 0.3 is 0 Å². The lowest BCUT2D eigenvalue weighted by Gasteiger charge is -2.15. The maximum atomic E-state index is 11.8. The van der Waals surface area contributed by atoms with Gasteiger partial charge in [-0.15, -0.1) is 0 Å². The van der Waals surface area contributed by atoms with Crippen molar-refractivity contribution >= 4 is 0 Å². The Bertz CT molecular complexity index is 609. The number of aryl methyl sites for hydroxylation is 1. The molecule has 0 aliphatic carbocycles.